The van der Waals surface area contributed by atoms with Gasteiger partial charge in [-0.15, -0.1) is 0 Å². The Morgan fingerprint density at radius 3 is 2.71 bits per heavy atom. The third-order valence-corrected chi connectivity index (χ3v) is 3.49. The molecular weight excluding hydrogens is 302 g/mol. The molecule has 1 aromatic carbocycles. The second kappa shape index (κ2) is 6.41. The van der Waals surface area contributed by atoms with E-state index in [9.17, 15) is 4.79 Å². The number of alkyl halides is 1. The lowest BCUT2D eigenvalue weighted by Crippen LogP contribution is -2.28. The number of carbonyl (C=O) groups excluding carboxylic acids is 1. The van der Waals surface area contributed by atoms with Crippen molar-refractivity contribution in [3.63, 3.8) is 0 Å². The summed E-state index contributed by atoms with van der Waals surface area (Å²) in [5.74, 6) is 0.0139. The molecule has 1 atom stereocenters. The molecule has 0 spiro atoms. The van der Waals surface area contributed by atoms with Gasteiger partial charge >= 0.3 is 0 Å². The number of aryl methyl sites for hydroxylation is 1. The number of rotatable bonds is 4. The molecule has 1 unspecified atom stereocenters. The van der Waals surface area contributed by atoms with E-state index in [-0.39, 0.29) is 5.91 Å². The first-order valence-electron chi connectivity index (χ1n) is 5.57. The number of hydrogen-bond donors (Lipinski definition) is 0. The fourth-order valence-corrected chi connectivity index (χ4v) is 1.80. The maximum Gasteiger partial charge on any atom is 0.253 e. The van der Waals surface area contributed by atoms with Crippen LogP contribution in [0.5, 0.6) is 0 Å². The monoisotopic (exact) mass is 317 g/mol. The zero-order chi connectivity index (χ0) is 13.0. The molecule has 0 aliphatic heterocycles. The summed E-state index contributed by atoms with van der Waals surface area (Å²) in [4.78, 5) is 14.2. The van der Waals surface area contributed by atoms with Crippen LogP contribution in [-0.2, 0) is 0 Å². The van der Waals surface area contributed by atoms with E-state index in [4.69, 9.17) is 11.6 Å². The van der Waals surface area contributed by atoms with Crippen molar-refractivity contribution in [3.05, 3.63) is 34.3 Å². The zero-order valence-corrected chi connectivity index (χ0v) is 12.7. The van der Waals surface area contributed by atoms with E-state index >= 15 is 0 Å². The average molecular weight is 319 g/mol. The summed E-state index contributed by atoms with van der Waals surface area (Å²) < 4.78 is 0. The van der Waals surface area contributed by atoms with Gasteiger partial charge in [-0.1, -0.05) is 40.5 Å². The van der Waals surface area contributed by atoms with Crippen molar-refractivity contribution >= 4 is 33.4 Å². The van der Waals surface area contributed by atoms with Gasteiger partial charge in [-0.05, 0) is 31.0 Å². The smallest absolute Gasteiger partial charge is 0.253 e. The standard InChI is InChI=1S/C13H17BrClNO/c1-9-4-5-11(8-12(9)15)13(17)16(3)7-6-10(2)14/h4-5,8,10H,6-7H2,1-3H3. The number of amides is 1. The van der Waals surface area contributed by atoms with Crippen LogP contribution < -0.4 is 0 Å². The summed E-state index contributed by atoms with van der Waals surface area (Å²) in [6.07, 6.45) is 0.932. The lowest BCUT2D eigenvalue weighted by atomic mass is 10.1. The highest BCUT2D eigenvalue weighted by molar-refractivity contribution is 9.09. The largest absolute Gasteiger partial charge is 0.342 e. The summed E-state index contributed by atoms with van der Waals surface area (Å²) in [6.45, 7) is 4.73. The highest BCUT2D eigenvalue weighted by atomic mass is 79.9. The van der Waals surface area contributed by atoms with Crippen LogP contribution in [0, 0.1) is 6.92 Å². The van der Waals surface area contributed by atoms with E-state index in [1.165, 1.54) is 0 Å². The van der Waals surface area contributed by atoms with E-state index in [1.807, 2.05) is 26.1 Å². The fourth-order valence-electron chi connectivity index (χ4n) is 1.42. The van der Waals surface area contributed by atoms with Crippen LogP contribution in [-0.4, -0.2) is 29.2 Å². The summed E-state index contributed by atoms with van der Waals surface area (Å²) in [5.41, 5.74) is 1.63. The molecule has 0 N–H and O–H groups in total. The van der Waals surface area contributed by atoms with Crippen LogP contribution in [0.2, 0.25) is 5.02 Å². The van der Waals surface area contributed by atoms with Gasteiger partial charge in [-0.2, -0.15) is 0 Å². The van der Waals surface area contributed by atoms with Crippen molar-refractivity contribution in [2.45, 2.75) is 25.1 Å². The molecule has 2 nitrogen and oxygen atoms in total. The molecule has 0 aliphatic rings. The minimum Gasteiger partial charge on any atom is -0.342 e. The van der Waals surface area contributed by atoms with Gasteiger partial charge in [0.15, 0.2) is 0 Å². The lowest BCUT2D eigenvalue weighted by Gasteiger charge is -2.18. The Hall–Kier alpha value is -0.540. The van der Waals surface area contributed by atoms with Crippen LogP contribution >= 0.6 is 27.5 Å². The second-order valence-corrected chi connectivity index (χ2v) is 6.23. The fraction of sp³-hybridized carbons (Fsp3) is 0.462. The first-order valence-corrected chi connectivity index (χ1v) is 6.87. The first-order chi connectivity index (χ1) is 7.91. The van der Waals surface area contributed by atoms with E-state index < -0.39 is 0 Å². The SMILES string of the molecule is Cc1ccc(C(=O)N(C)CCC(C)Br)cc1Cl. The van der Waals surface area contributed by atoms with E-state index in [0.29, 0.717) is 15.4 Å². The number of nitrogens with zero attached hydrogens (tertiary/aromatic N) is 1. The highest BCUT2D eigenvalue weighted by Crippen LogP contribution is 2.18. The molecule has 0 fully saturated rings. The topological polar surface area (TPSA) is 20.3 Å². The summed E-state index contributed by atoms with van der Waals surface area (Å²) in [5, 5.41) is 0.637. The number of hydrogen-bond acceptors (Lipinski definition) is 1. The maximum atomic E-state index is 12.1. The Balaban J connectivity index is 2.71. The van der Waals surface area contributed by atoms with Crippen molar-refractivity contribution in [2.75, 3.05) is 13.6 Å². The molecule has 1 amide bonds. The molecule has 0 saturated heterocycles. The summed E-state index contributed by atoms with van der Waals surface area (Å²) in [7, 11) is 1.81. The summed E-state index contributed by atoms with van der Waals surface area (Å²) >= 11 is 9.48. The van der Waals surface area contributed by atoms with Crippen molar-refractivity contribution in [1.82, 2.24) is 4.90 Å². The molecule has 17 heavy (non-hydrogen) atoms. The number of carbonyl (C=O) groups is 1. The van der Waals surface area contributed by atoms with Gasteiger partial charge in [0.2, 0.25) is 0 Å². The lowest BCUT2D eigenvalue weighted by molar-refractivity contribution is 0.0794. The Labute approximate surface area is 116 Å². The average Bonchev–Trinajstić information content (AvgIpc) is 2.28. The maximum absolute atomic E-state index is 12.1. The predicted molar refractivity (Wildman–Crippen MR) is 76.2 cm³/mol. The highest BCUT2D eigenvalue weighted by Gasteiger charge is 2.12. The molecule has 0 aliphatic carbocycles. The van der Waals surface area contributed by atoms with E-state index in [2.05, 4.69) is 22.9 Å². The molecule has 0 radical (unpaired) electrons. The Morgan fingerprint density at radius 1 is 1.53 bits per heavy atom. The quantitative estimate of drug-likeness (QED) is 0.771. The van der Waals surface area contributed by atoms with Crippen molar-refractivity contribution in [3.8, 4) is 0 Å². The third-order valence-electron chi connectivity index (χ3n) is 2.63. The first kappa shape index (κ1) is 14.5. The Morgan fingerprint density at radius 2 is 2.18 bits per heavy atom. The van der Waals surface area contributed by atoms with Crippen LogP contribution in [0.15, 0.2) is 18.2 Å². The molecule has 1 aromatic rings. The molecule has 0 aromatic heterocycles. The summed E-state index contributed by atoms with van der Waals surface area (Å²) in [6, 6.07) is 5.42. The molecule has 0 bridgehead atoms. The van der Waals surface area contributed by atoms with E-state index in [1.54, 1.807) is 11.0 Å². The minimum absolute atomic E-state index is 0.0139. The second-order valence-electron chi connectivity index (χ2n) is 4.26. The van der Waals surface area contributed by atoms with Crippen LogP contribution in [0.4, 0.5) is 0 Å². The normalized spacial score (nSPS) is 12.3. The van der Waals surface area contributed by atoms with Gasteiger partial charge in [-0.3, -0.25) is 4.79 Å². The molecule has 4 heteroatoms. The molecular formula is C13H17BrClNO. The van der Waals surface area contributed by atoms with Crippen LogP contribution in [0.3, 0.4) is 0 Å². The van der Waals surface area contributed by atoms with Gasteiger partial charge < -0.3 is 4.90 Å². The predicted octanol–water partition coefficient (Wildman–Crippen LogP) is 3.89. The van der Waals surface area contributed by atoms with Gasteiger partial charge in [0, 0.05) is 29.0 Å². The zero-order valence-electron chi connectivity index (χ0n) is 10.3. The van der Waals surface area contributed by atoms with E-state index in [0.717, 1.165) is 18.5 Å². The molecule has 0 heterocycles. The molecule has 0 saturated carbocycles. The third kappa shape index (κ3) is 4.32. The van der Waals surface area contributed by atoms with Crippen molar-refractivity contribution < 1.29 is 4.79 Å². The number of benzene rings is 1. The van der Waals surface area contributed by atoms with Crippen LogP contribution in [0.25, 0.3) is 0 Å². The Kier molecular flexibility index (Phi) is 5.47. The van der Waals surface area contributed by atoms with Gasteiger partial charge in [0.1, 0.15) is 0 Å². The molecule has 94 valence electrons. The van der Waals surface area contributed by atoms with Crippen LogP contribution in [0.1, 0.15) is 29.3 Å². The number of halogens is 2. The van der Waals surface area contributed by atoms with Crippen molar-refractivity contribution in [2.24, 2.45) is 0 Å². The van der Waals surface area contributed by atoms with Gasteiger partial charge in [-0.25, -0.2) is 0 Å². The van der Waals surface area contributed by atoms with Gasteiger partial charge in [0.05, 0.1) is 0 Å². The van der Waals surface area contributed by atoms with Gasteiger partial charge in [0.25, 0.3) is 5.91 Å². The minimum atomic E-state index is 0.0139. The molecule has 1 rings (SSSR count). The Bertz CT molecular complexity index is 406. The van der Waals surface area contributed by atoms with Crippen molar-refractivity contribution in [1.29, 1.82) is 0 Å².